The lowest BCUT2D eigenvalue weighted by atomic mass is 9.99. The average molecular weight is 271 g/mol. The van der Waals surface area contributed by atoms with Gasteiger partial charge in [-0.05, 0) is 23.1 Å². The van der Waals surface area contributed by atoms with Crippen LogP contribution in [0.2, 0.25) is 0 Å². The van der Waals surface area contributed by atoms with Gasteiger partial charge < -0.3 is 0 Å². The smallest absolute Gasteiger partial charge is 0.263 e. The molecule has 0 unspecified atom stereocenters. The van der Waals surface area contributed by atoms with Crippen LogP contribution in [-0.2, 0) is 0 Å². The third kappa shape index (κ3) is 1.77. The Morgan fingerprint density at radius 1 is 0.667 bits per heavy atom. The molecule has 2 aromatic carbocycles. The molecule has 21 heavy (non-hydrogen) atoms. The molecule has 100 valence electrons. The Bertz CT molecular complexity index is 1000. The zero-order valence-electron chi connectivity index (χ0n) is 11.4. The fourth-order valence-corrected chi connectivity index (χ4v) is 2.88. The summed E-state index contributed by atoms with van der Waals surface area (Å²) in [4.78, 5) is 12.9. The largest absolute Gasteiger partial charge is 0.283 e. The monoisotopic (exact) mass is 271 g/mol. The van der Waals surface area contributed by atoms with Crippen LogP contribution in [0.25, 0.3) is 27.4 Å². The van der Waals surface area contributed by atoms with E-state index in [1.807, 2.05) is 72.9 Å². The van der Waals surface area contributed by atoms with E-state index in [4.69, 9.17) is 0 Å². The molecule has 0 atom stereocenters. The molecule has 0 N–H and O–H groups in total. The summed E-state index contributed by atoms with van der Waals surface area (Å²) < 4.78 is 1.73. The van der Waals surface area contributed by atoms with Gasteiger partial charge in [0.1, 0.15) is 0 Å². The van der Waals surface area contributed by atoms with Gasteiger partial charge in [0.25, 0.3) is 5.56 Å². The molecule has 0 fully saturated rings. The zero-order chi connectivity index (χ0) is 14.2. The van der Waals surface area contributed by atoms with Crippen molar-refractivity contribution >= 4 is 16.3 Å². The van der Waals surface area contributed by atoms with Gasteiger partial charge in [-0.1, -0.05) is 60.7 Å². The molecule has 2 aromatic heterocycles. The molecule has 0 saturated carbocycles. The Morgan fingerprint density at radius 3 is 2.14 bits per heavy atom. The molecule has 2 heteroatoms. The summed E-state index contributed by atoms with van der Waals surface area (Å²) in [6, 6.07) is 23.8. The van der Waals surface area contributed by atoms with Crippen molar-refractivity contribution in [1.82, 2.24) is 4.40 Å². The van der Waals surface area contributed by atoms with Crippen LogP contribution in [0.4, 0.5) is 0 Å². The fourth-order valence-electron chi connectivity index (χ4n) is 2.88. The van der Waals surface area contributed by atoms with E-state index in [9.17, 15) is 4.79 Å². The van der Waals surface area contributed by atoms with Crippen LogP contribution in [0.3, 0.4) is 0 Å². The minimum Gasteiger partial charge on any atom is -0.283 e. The van der Waals surface area contributed by atoms with E-state index in [1.54, 1.807) is 4.40 Å². The van der Waals surface area contributed by atoms with Crippen LogP contribution in [0.5, 0.6) is 0 Å². The first-order valence-electron chi connectivity index (χ1n) is 6.94. The van der Waals surface area contributed by atoms with Crippen LogP contribution < -0.4 is 5.56 Å². The third-order valence-electron chi connectivity index (χ3n) is 3.83. The van der Waals surface area contributed by atoms with Crippen molar-refractivity contribution in [1.29, 1.82) is 0 Å². The summed E-state index contributed by atoms with van der Waals surface area (Å²) in [5.41, 5.74) is 2.68. The predicted octanol–water partition coefficient (Wildman–Crippen LogP) is 4.12. The lowest BCUT2D eigenvalue weighted by Gasteiger charge is -2.10. The van der Waals surface area contributed by atoms with Crippen LogP contribution >= 0.6 is 0 Å². The molecule has 4 rings (SSSR count). The Hall–Kier alpha value is -2.87. The quantitative estimate of drug-likeness (QED) is 0.477. The van der Waals surface area contributed by atoms with Crippen molar-refractivity contribution in [3.05, 3.63) is 89.3 Å². The van der Waals surface area contributed by atoms with Crippen molar-refractivity contribution in [3.63, 3.8) is 0 Å². The van der Waals surface area contributed by atoms with Gasteiger partial charge in [-0.2, -0.15) is 0 Å². The zero-order valence-corrected chi connectivity index (χ0v) is 11.4. The highest BCUT2D eigenvalue weighted by atomic mass is 16.1. The summed E-state index contributed by atoms with van der Waals surface area (Å²) in [6.45, 7) is 0. The molecule has 0 bridgehead atoms. The van der Waals surface area contributed by atoms with Gasteiger partial charge in [0.05, 0.1) is 11.1 Å². The fraction of sp³-hybridized carbons (Fsp3) is 0. The third-order valence-corrected chi connectivity index (χ3v) is 3.83. The minimum absolute atomic E-state index is 0.0236. The Balaban J connectivity index is 2.29. The minimum atomic E-state index is 0.0236. The maximum Gasteiger partial charge on any atom is 0.263 e. The second-order valence-corrected chi connectivity index (χ2v) is 5.05. The van der Waals surface area contributed by atoms with E-state index in [0.717, 1.165) is 27.4 Å². The summed E-state index contributed by atoms with van der Waals surface area (Å²) >= 11 is 0. The van der Waals surface area contributed by atoms with Crippen LogP contribution in [-0.4, -0.2) is 4.40 Å². The van der Waals surface area contributed by atoms with Crippen molar-refractivity contribution in [2.75, 3.05) is 0 Å². The van der Waals surface area contributed by atoms with E-state index in [2.05, 4.69) is 6.07 Å². The van der Waals surface area contributed by atoms with Gasteiger partial charge in [-0.25, -0.2) is 0 Å². The lowest BCUT2D eigenvalue weighted by molar-refractivity contribution is 1.11. The van der Waals surface area contributed by atoms with Gasteiger partial charge >= 0.3 is 0 Å². The van der Waals surface area contributed by atoms with Crippen LogP contribution in [0, 0.1) is 0 Å². The van der Waals surface area contributed by atoms with E-state index < -0.39 is 0 Å². The summed E-state index contributed by atoms with van der Waals surface area (Å²) in [5.74, 6) is 0. The van der Waals surface area contributed by atoms with Crippen molar-refractivity contribution in [3.8, 4) is 11.1 Å². The molecule has 0 aliphatic carbocycles. The van der Waals surface area contributed by atoms with Crippen LogP contribution in [0.15, 0.2) is 83.8 Å². The Kier molecular flexibility index (Phi) is 2.61. The summed E-state index contributed by atoms with van der Waals surface area (Å²) in [5, 5.41) is 2.09. The molecule has 0 aliphatic heterocycles. The second-order valence-electron chi connectivity index (χ2n) is 5.05. The molecule has 4 aromatic rings. The topological polar surface area (TPSA) is 21.5 Å². The first-order chi connectivity index (χ1) is 10.4. The van der Waals surface area contributed by atoms with E-state index in [-0.39, 0.29) is 5.56 Å². The molecule has 0 saturated heterocycles. The SMILES string of the molecule is O=c1c(-c2ccccc2)c2ccccc2c2ccccn12. The maximum absolute atomic E-state index is 12.9. The first-order valence-corrected chi connectivity index (χ1v) is 6.94. The first kappa shape index (κ1) is 11.9. The van der Waals surface area contributed by atoms with Gasteiger partial charge in [-0.3, -0.25) is 9.20 Å². The number of hydrogen-bond donors (Lipinski definition) is 0. The van der Waals surface area contributed by atoms with E-state index >= 15 is 0 Å². The van der Waals surface area contributed by atoms with E-state index in [0.29, 0.717) is 0 Å². The van der Waals surface area contributed by atoms with Gasteiger partial charge in [0, 0.05) is 11.6 Å². The average Bonchev–Trinajstić information content (AvgIpc) is 2.56. The van der Waals surface area contributed by atoms with Gasteiger partial charge in [-0.15, -0.1) is 0 Å². The van der Waals surface area contributed by atoms with Gasteiger partial charge in [0.15, 0.2) is 0 Å². The van der Waals surface area contributed by atoms with E-state index in [1.165, 1.54) is 0 Å². The molecular weight excluding hydrogens is 258 g/mol. The predicted molar refractivity (Wildman–Crippen MR) is 86.6 cm³/mol. The number of aromatic nitrogens is 1. The molecule has 2 nitrogen and oxygen atoms in total. The molecule has 0 radical (unpaired) electrons. The second kappa shape index (κ2) is 4.60. The number of hydrogen-bond acceptors (Lipinski definition) is 1. The molecule has 0 aliphatic rings. The Morgan fingerprint density at radius 2 is 1.33 bits per heavy atom. The number of pyridine rings is 2. The highest BCUT2D eigenvalue weighted by Gasteiger charge is 2.12. The molecular formula is C19H13NO. The number of fused-ring (bicyclic) bond motifs is 3. The van der Waals surface area contributed by atoms with Crippen molar-refractivity contribution < 1.29 is 0 Å². The standard InChI is InChI=1S/C19H13NO/c21-19-18(14-8-2-1-3-9-14)16-11-5-4-10-15(16)17-12-6-7-13-20(17)19/h1-13H. The maximum atomic E-state index is 12.9. The molecule has 0 spiro atoms. The Labute approximate surface area is 121 Å². The highest BCUT2D eigenvalue weighted by Crippen LogP contribution is 2.27. The van der Waals surface area contributed by atoms with Crippen molar-refractivity contribution in [2.45, 2.75) is 0 Å². The summed E-state index contributed by atoms with van der Waals surface area (Å²) in [6.07, 6.45) is 1.83. The van der Waals surface area contributed by atoms with Crippen LogP contribution in [0.1, 0.15) is 0 Å². The number of nitrogens with zero attached hydrogens (tertiary/aromatic N) is 1. The highest BCUT2D eigenvalue weighted by molar-refractivity contribution is 6.04. The summed E-state index contributed by atoms with van der Waals surface area (Å²) in [7, 11) is 0. The number of rotatable bonds is 1. The molecule has 2 heterocycles. The van der Waals surface area contributed by atoms with Gasteiger partial charge in [0.2, 0.25) is 0 Å². The molecule has 0 amide bonds. The number of benzene rings is 2. The lowest BCUT2D eigenvalue weighted by Crippen LogP contribution is -2.16. The normalized spacial score (nSPS) is 11.0. The van der Waals surface area contributed by atoms with Crippen molar-refractivity contribution in [2.24, 2.45) is 0 Å².